The van der Waals surface area contributed by atoms with Crippen LogP contribution in [0.25, 0.3) is 0 Å². The molecule has 0 saturated carbocycles. The Morgan fingerprint density at radius 3 is 2.45 bits per heavy atom. The van der Waals surface area contributed by atoms with Gasteiger partial charge in [0.2, 0.25) is 0 Å². The first-order chi connectivity index (χ1) is 10.5. The lowest BCUT2D eigenvalue weighted by Crippen LogP contribution is -2.42. The molecule has 7 nitrogen and oxygen atoms in total. The maximum atomic E-state index is 11.8. The molecule has 1 aromatic rings. The average Bonchev–Trinajstić information content (AvgIpc) is 2.51. The second-order valence-corrected chi connectivity index (χ2v) is 4.72. The molecular weight excluding hydrogens is 288 g/mol. The van der Waals surface area contributed by atoms with Gasteiger partial charge in [-0.05, 0) is 24.1 Å². The number of urea groups is 1. The molecule has 0 aromatic heterocycles. The van der Waals surface area contributed by atoms with Crippen LogP contribution in [0.3, 0.4) is 0 Å². The number of nitrogens with one attached hydrogen (secondary N) is 2. The van der Waals surface area contributed by atoms with Crippen molar-refractivity contribution in [1.82, 2.24) is 10.6 Å². The minimum Gasteiger partial charge on any atom is -0.493 e. The molecule has 0 aliphatic heterocycles. The highest BCUT2D eigenvalue weighted by molar-refractivity contribution is 5.75. The topological polar surface area (TPSA) is 96.9 Å². The lowest BCUT2D eigenvalue weighted by atomic mass is 10.1. The third-order valence-electron chi connectivity index (χ3n) is 3.15. The molecule has 0 saturated heterocycles. The molecule has 0 radical (unpaired) electrons. The number of methoxy groups -OCH3 is 2. The van der Waals surface area contributed by atoms with Crippen molar-refractivity contribution < 1.29 is 24.2 Å². The Labute approximate surface area is 129 Å². The Hall–Kier alpha value is -2.44. The van der Waals surface area contributed by atoms with Crippen molar-refractivity contribution in [3.8, 4) is 11.5 Å². The molecule has 1 unspecified atom stereocenters. The Balaban J connectivity index is 2.54. The van der Waals surface area contributed by atoms with Gasteiger partial charge in [0, 0.05) is 12.6 Å². The predicted octanol–water partition coefficient (Wildman–Crippen LogP) is 1.76. The first-order valence-electron chi connectivity index (χ1n) is 6.97. The zero-order valence-corrected chi connectivity index (χ0v) is 13.0. The van der Waals surface area contributed by atoms with E-state index in [-0.39, 0.29) is 12.5 Å². The van der Waals surface area contributed by atoms with Crippen LogP contribution >= 0.6 is 0 Å². The van der Waals surface area contributed by atoms with Gasteiger partial charge in [-0.25, -0.2) is 4.79 Å². The fraction of sp³-hybridized carbons (Fsp3) is 0.467. The van der Waals surface area contributed by atoms with Gasteiger partial charge in [0.25, 0.3) is 0 Å². The summed E-state index contributed by atoms with van der Waals surface area (Å²) in [6.07, 6.45) is 0.455. The standard InChI is InChI=1S/C15H22N2O5/c1-4-11(8-14(18)19)17-15(20)16-9-10-5-6-12(21-2)13(7-10)22-3/h5-7,11H,4,8-9H2,1-3H3,(H,18,19)(H2,16,17,20). The minimum absolute atomic E-state index is 0.0969. The summed E-state index contributed by atoms with van der Waals surface area (Å²) in [5.74, 6) is 0.259. The van der Waals surface area contributed by atoms with E-state index in [1.54, 1.807) is 26.4 Å². The van der Waals surface area contributed by atoms with Crippen molar-refractivity contribution >= 4 is 12.0 Å². The Morgan fingerprint density at radius 1 is 1.23 bits per heavy atom. The largest absolute Gasteiger partial charge is 0.493 e. The molecule has 0 bridgehead atoms. The van der Waals surface area contributed by atoms with E-state index in [2.05, 4.69) is 10.6 Å². The van der Waals surface area contributed by atoms with E-state index in [0.717, 1.165) is 5.56 Å². The van der Waals surface area contributed by atoms with Gasteiger partial charge in [-0.3, -0.25) is 4.79 Å². The fourth-order valence-electron chi connectivity index (χ4n) is 1.92. The van der Waals surface area contributed by atoms with Crippen LogP contribution in [-0.4, -0.2) is 37.4 Å². The maximum Gasteiger partial charge on any atom is 0.315 e. The number of carbonyl (C=O) groups is 2. The molecule has 122 valence electrons. The summed E-state index contributed by atoms with van der Waals surface area (Å²) in [5, 5.41) is 14.1. The molecule has 1 aromatic carbocycles. The maximum absolute atomic E-state index is 11.8. The van der Waals surface area contributed by atoms with Crippen LogP contribution in [0, 0.1) is 0 Å². The molecule has 1 atom stereocenters. The molecule has 0 aliphatic rings. The number of carbonyl (C=O) groups excluding carboxylic acids is 1. The summed E-state index contributed by atoms with van der Waals surface area (Å²) in [7, 11) is 3.09. The lowest BCUT2D eigenvalue weighted by molar-refractivity contribution is -0.137. The van der Waals surface area contributed by atoms with Crippen molar-refractivity contribution in [3.63, 3.8) is 0 Å². The summed E-state index contributed by atoms with van der Waals surface area (Å²) in [4.78, 5) is 22.4. The monoisotopic (exact) mass is 310 g/mol. The smallest absolute Gasteiger partial charge is 0.315 e. The highest BCUT2D eigenvalue weighted by atomic mass is 16.5. The normalized spacial score (nSPS) is 11.4. The number of benzene rings is 1. The Kier molecular flexibility index (Phi) is 7.01. The van der Waals surface area contributed by atoms with Crippen LogP contribution in [0.4, 0.5) is 4.79 Å². The van der Waals surface area contributed by atoms with Crippen molar-refractivity contribution in [2.45, 2.75) is 32.4 Å². The highest BCUT2D eigenvalue weighted by Crippen LogP contribution is 2.27. The van der Waals surface area contributed by atoms with Crippen molar-refractivity contribution in [1.29, 1.82) is 0 Å². The van der Waals surface area contributed by atoms with E-state index in [0.29, 0.717) is 24.5 Å². The third kappa shape index (κ3) is 5.51. The van der Waals surface area contributed by atoms with Crippen LogP contribution in [0.1, 0.15) is 25.3 Å². The van der Waals surface area contributed by atoms with E-state index in [9.17, 15) is 9.59 Å². The number of carboxylic acid groups (broad SMARTS) is 1. The van der Waals surface area contributed by atoms with Crippen LogP contribution in [-0.2, 0) is 11.3 Å². The first-order valence-corrected chi connectivity index (χ1v) is 6.97. The van der Waals surface area contributed by atoms with Gasteiger partial charge in [0.15, 0.2) is 11.5 Å². The first kappa shape index (κ1) is 17.6. The molecule has 7 heteroatoms. The molecule has 0 heterocycles. The summed E-state index contributed by atoms with van der Waals surface area (Å²) in [5.41, 5.74) is 0.846. The number of hydrogen-bond donors (Lipinski definition) is 3. The number of ether oxygens (including phenoxy) is 2. The SMILES string of the molecule is CCC(CC(=O)O)NC(=O)NCc1ccc(OC)c(OC)c1. The minimum atomic E-state index is -0.938. The van der Waals surface area contributed by atoms with Gasteiger partial charge in [0.1, 0.15) is 0 Å². The molecule has 0 aliphatic carbocycles. The average molecular weight is 310 g/mol. The summed E-state index contributed by atoms with van der Waals surface area (Å²) in [6, 6.07) is 4.56. The molecule has 22 heavy (non-hydrogen) atoms. The van der Waals surface area contributed by atoms with Crippen LogP contribution in [0.5, 0.6) is 11.5 Å². The van der Waals surface area contributed by atoms with Crippen LogP contribution in [0.2, 0.25) is 0 Å². The fourth-order valence-corrected chi connectivity index (χ4v) is 1.92. The van der Waals surface area contributed by atoms with Crippen LogP contribution in [0.15, 0.2) is 18.2 Å². The van der Waals surface area contributed by atoms with Crippen molar-refractivity contribution in [2.24, 2.45) is 0 Å². The predicted molar refractivity (Wildman–Crippen MR) is 81.2 cm³/mol. The lowest BCUT2D eigenvalue weighted by Gasteiger charge is -2.16. The van der Waals surface area contributed by atoms with E-state index >= 15 is 0 Å². The number of carboxylic acids is 1. The zero-order valence-electron chi connectivity index (χ0n) is 13.0. The van der Waals surface area contributed by atoms with Crippen molar-refractivity contribution in [2.75, 3.05) is 14.2 Å². The van der Waals surface area contributed by atoms with Gasteiger partial charge in [-0.1, -0.05) is 13.0 Å². The van der Waals surface area contributed by atoms with E-state index in [1.807, 2.05) is 13.0 Å². The Bertz CT molecular complexity index is 519. The second-order valence-electron chi connectivity index (χ2n) is 4.72. The van der Waals surface area contributed by atoms with Gasteiger partial charge in [0.05, 0.1) is 20.6 Å². The van der Waals surface area contributed by atoms with Gasteiger partial charge < -0.3 is 25.2 Å². The molecular formula is C15H22N2O5. The molecule has 2 amide bonds. The van der Waals surface area contributed by atoms with Crippen molar-refractivity contribution in [3.05, 3.63) is 23.8 Å². The summed E-state index contributed by atoms with van der Waals surface area (Å²) < 4.78 is 10.3. The van der Waals surface area contributed by atoms with Crippen LogP contribution < -0.4 is 20.1 Å². The zero-order chi connectivity index (χ0) is 16.5. The molecule has 0 spiro atoms. The van der Waals surface area contributed by atoms with E-state index in [1.165, 1.54) is 0 Å². The second kappa shape index (κ2) is 8.76. The molecule has 0 fully saturated rings. The quantitative estimate of drug-likeness (QED) is 0.680. The van der Waals surface area contributed by atoms with Gasteiger partial charge in [-0.2, -0.15) is 0 Å². The van der Waals surface area contributed by atoms with E-state index < -0.39 is 12.0 Å². The Morgan fingerprint density at radius 2 is 1.91 bits per heavy atom. The number of rotatable bonds is 8. The van der Waals surface area contributed by atoms with Gasteiger partial charge in [-0.15, -0.1) is 0 Å². The number of amides is 2. The molecule has 3 N–H and O–H groups in total. The highest BCUT2D eigenvalue weighted by Gasteiger charge is 2.14. The van der Waals surface area contributed by atoms with Gasteiger partial charge >= 0.3 is 12.0 Å². The molecule has 1 rings (SSSR count). The number of hydrogen-bond acceptors (Lipinski definition) is 4. The number of aliphatic carboxylic acids is 1. The van der Waals surface area contributed by atoms with E-state index in [4.69, 9.17) is 14.6 Å². The summed E-state index contributed by atoms with van der Waals surface area (Å²) in [6.45, 7) is 2.12. The third-order valence-corrected chi connectivity index (χ3v) is 3.15. The summed E-state index contributed by atoms with van der Waals surface area (Å²) >= 11 is 0.